The maximum Gasteiger partial charge on any atom is 0.146 e. The molecule has 0 radical (unpaired) electrons. The van der Waals surface area contributed by atoms with Gasteiger partial charge in [-0.15, -0.1) is 0 Å². The number of benzene rings is 1. The third-order valence-corrected chi connectivity index (χ3v) is 4.67. The number of carbonyl (C=O) groups excluding carboxylic acids is 1. The molecule has 1 aromatic heterocycles. The molecule has 4 nitrogen and oxygen atoms in total. The van der Waals surface area contributed by atoms with Gasteiger partial charge in [0.1, 0.15) is 5.78 Å². The predicted molar refractivity (Wildman–Crippen MR) is 86.2 cm³/mol. The van der Waals surface area contributed by atoms with E-state index in [4.69, 9.17) is 5.73 Å². The second-order valence-corrected chi connectivity index (χ2v) is 6.73. The van der Waals surface area contributed by atoms with Crippen LogP contribution in [0.15, 0.2) is 24.3 Å². The van der Waals surface area contributed by atoms with Gasteiger partial charge in [-0.2, -0.15) is 5.10 Å². The lowest BCUT2D eigenvalue weighted by atomic mass is 9.71. The van der Waals surface area contributed by atoms with Crippen molar-refractivity contribution >= 4 is 16.7 Å². The van der Waals surface area contributed by atoms with Crippen LogP contribution in [0.3, 0.4) is 0 Å². The Labute approximate surface area is 126 Å². The van der Waals surface area contributed by atoms with Gasteiger partial charge >= 0.3 is 0 Å². The minimum absolute atomic E-state index is 0.126. The molecule has 0 saturated carbocycles. The molecule has 0 unspecified atom stereocenters. The summed E-state index contributed by atoms with van der Waals surface area (Å²) >= 11 is 0. The third kappa shape index (κ3) is 2.72. The van der Waals surface area contributed by atoms with Crippen LogP contribution in [0, 0.1) is 5.41 Å². The molecule has 114 valence electrons. The van der Waals surface area contributed by atoms with Crippen LogP contribution < -0.4 is 5.73 Å². The normalized spacial score (nSPS) is 12.9. The summed E-state index contributed by atoms with van der Waals surface area (Å²) in [4.78, 5) is 12.7. The predicted octanol–water partition coefficient (Wildman–Crippen LogP) is 2.93. The number of aromatic nitrogens is 2. The molecular weight excluding hydrogens is 262 g/mol. The molecule has 2 aromatic rings. The fraction of sp³-hybridized carbons (Fsp3) is 0.529. The van der Waals surface area contributed by atoms with Gasteiger partial charge in [-0.3, -0.25) is 9.48 Å². The van der Waals surface area contributed by atoms with Crippen LogP contribution in [0.5, 0.6) is 0 Å². The fourth-order valence-corrected chi connectivity index (χ4v) is 2.30. The highest BCUT2D eigenvalue weighted by molar-refractivity contribution is 5.91. The highest BCUT2D eigenvalue weighted by Crippen LogP contribution is 2.31. The molecule has 0 atom stereocenters. The van der Waals surface area contributed by atoms with E-state index in [0.29, 0.717) is 6.42 Å². The molecule has 0 aliphatic rings. The quantitative estimate of drug-likeness (QED) is 0.919. The molecule has 0 bridgehead atoms. The number of nitrogens with two attached hydrogens (primary N) is 1. The summed E-state index contributed by atoms with van der Waals surface area (Å²) in [7, 11) is 0. The standard InChI is InChI=1S/C17H25N3O/c1-6-20-14-10-8-7-9-12(14)13(19-20)11-15(21)16(2,3)17(4,5)18/h7-10H,6,11,18H2,1-5H3. The SMILES string of the molecule is CCn1nc(CC(=O)C(C)(C)C(C)(C)N)c2ccccc21. The smallest absolute Gasteiger partial charge is 0.146 e. The number of Topliss-reactive ketones (excluding diaryl/α,β-unsaturated/α-hetero) is 1. The highest BCUT2D eigenvalue weighted by atomic mass is 16.1. The molecule has 0 spiro atoms. The molecule has 0 aliphatic carbocycles. The maximum atomic E-state index is 12.7. The van der Waals surface area contributed by atoms with E-state index in [9.17, 15) is 4.79 Å². The third-order valence-electron chi connectivity index (χ3n) is 4.67. The van der Waals surface area contributed by atoms with E-state index < -0.39 is 11.0 Å². The average Bonchev–Trinajstić information content (AvgIpc) is 2.76. The van der Waals surface area contributed by atoms with E-state index in [2.05, 4.69) is 12.0 Å². The van der Waals surface area contributed by atoms with E-state index in [1.54, 1.807) is 0 Å². The lowest BCUT2D eigenvalue weighted by Crippen LogP contribution is -2.52. The number of nitrogens with zero attached hydrogens (tertiary/aromatic N) is 2. The molecule has 0 amide bonds. The molecule has 21 heavy (non-hydrogen) atoms. The summed E-state index contributed by atoms with van der Waals surface area (Å²) in [6.45, 7) is 10.5. The molecular formula is C17H25N3O. The molecule has 1 heterocycles. The van der Waals surface area contributed by atoms with Crippen LogP contribution in [0.25, 0.3) is 10.9 Å². The first kappa shape index (κ1) is 15.7. The van der Waals surface area contributed by atoms with Crippen molar-refractivity contribution in [3.05, 3.63) is 30.0 Å². The average molecular weight is 287 g/mol. The zero-order chi connectivity index (χ0) is 15.8. The van der Waals surface area contributed by atoms with Crippen LogP contribution in [-0.4, -0.2) is 21.1 Å². The number of hydrogen-bond acceptors (Lipinski definition) is 3. The van der Waals surface area contributed by atoms with Crippen molar-refractivity contribution in [3.63, 3.8) is 0 Å². The van der Waals surface area contributed by atoms with Crippen molar-refractivity contribution in [2.24, 2.45) is 11.1 Å². The molecule has 1 aromatic carbocycles. The van der Waals surface area contributed by atoms with E-state index in [1.807, 2.05) is 56.6 Å². The first-order chi connectivity index (χ1) is 9.68. The lowest BCUT2D eigenvalue weighted by Gasteiger charge is -2.37. The number of rotatable bonds is 5. The second-order valence-electron chi connectivity index (χ2n) is 6.73. The zero-order valence-electron chi connectivity index (χ0n) is 13.6. The number of hydrogen-bond donors (Lipinski definition) is 1. The van der Waals surface area contributed by atoms with Crippen molar-refractivity contribution in [2.75, 3.05) is 0 Å². The Balaban J connectivity index is 2.39. The Kier molecular flexibility index (Phi) is 3.93. The first-order valence-corrected chi connectivity index (χ1v) is 7.45. The number of carbonyl (C=O) groups is 1. The van der Waals surface area contributed by atoms with Crippen LogP contribution >= 0.6 is 0 Å². The lowest BCUT2D eigenvalue weighted by molar-refractivity contribution is -0.129. The Morgan fingerprint density at radius 2 is 1.86 bits per heavy atom. The van der Waals surface area contributed by atoms with Gasteiger partial charge in [-0.1, -0.05) is 32.0 Å². The van der Waals surface area contributed by atoms with Crippen LogP contribution in [0.4, 0.5) is 0 Å². The fourth-order valence-electron chi connectivity index (χ4n) is 2.30. The monoisotopic (exact) mass is 287 g/mol. The summed E-state index contributed by atoms with van der Waals surface area (Å²) in [5.41, 5.74) is 6.93. The Hall–Kier alpha value is -1.68. The molecule has 0 aliphatic heterocycles. The van der Waals surface area contributed by atoms with Crippen molar-refractivity contribution in [1.29, 1.82) is 0 Å². The molecule has 2 rings (SSSR count). The Morgan fingerprint density at radius 3 is 2.43 bits per heavy atom. The van der Waals surface area contributed by atoms with Crippen molar-refractivity contribution < 1.29 is 4.79 Å². The summed E-state index contributed by atoms with van der Waals surface area (Å²) in [6, 6.07) is 8.04. The molecule has 0 fully saturated rings. The summed E-state index contributed by atoms with van der Waals surface area (Å²) in [5.74, 6) is 0.126. The summed E-state index contributed by atoms with van der Waals surface area (Å²) in [6.07, 6.45) is 0.321. The van der Waals surface area contributed by atoms with Gasteiger partial charge in [0, 0.05) is 22.9 Å². The Bertz CT molecular complexity index is 662. The van der Waals surface area contributed by atoms with Gasteiger partial charge in [-0.25, -0.2) is 0 Å². The van der Waals surface area contributed by atoms with Crippen LogP contribution in [0.1, 0.15) is 40.3 Å². The van der Waals surface area contributed by atoms with Gasteiger partial charge in [0.15, 0.2) is 0 Å². The molecule has 0 saturated heterocycles. The van der Waals surface area contributed by atoms with E-state index in [-0.39, 0.29) is 5.78 Å². The van der Waals surface area contributed by atoms with Gasteiger partial charge < -0.3 is 5.73 Å². The zero-order valence-corrected chi connectivity index (χ0v) is 13.6. The van der Waals surface area contributed by atoms with Crippen LogP contribution in [0.2, 0.25) is 0 Å². The van der Waals surface area contributed by atoms with E-state index >= 15 is 0 Å². The van der Waals surface area contributed by atoms with Crippen molar-refractivity contribution in [3.8, 4) is 0 Å². The minimum Gasteiger partial charge on any atom is -0.325 e. The van der Waals surface area contributed by atoms with Gasteiger partial charge in [0.2, 0.25) is 0 Å². The van der Waals surface area contributed by atoms with Gasteiger partial charge in [0.05, 0.1) is 17.6 Å². The second kappa shape index (κ2) is 5.26. The maximum absolute atomic E-state index is 12.7. The first-order valence-electron chi connectivity index (χ1n) is 7.45. The topological polar surface area (TPSA) is 60.9 Å². The molecule has 2 N–H and O–H groups in total. The number of ketones is 1. The number of fused-ring (bicyclic) bond motifs is 1. The van der Waals surface area contributed by atoms with E-state index in [0.717, 1.165) is 23.1 Å². The molecule has 4 heteroatoms. The number of aryl methyl sites for hydroxylation is 1. The van der Waals surface area contributed by atoms with E-state index in [1.165, 1.54) is 0 Å². The summed E-state index contributed by atoms with van der Waals surface area (Å²) in [5, 5.41) is 5.65. The largest absolute Gasteiger partial charge is 0.325 e. The van der Waals surface area contributed by atoms with Gasteiger partial charge in [-0.05, 0) is 26.8 Å². The Morgan fingerprint density at radius 1 is 1.24 bits per heavy atom. The highest BCUT2D eigenvalue weighted by Gasteiger charge is 2.40. The van der Waals surface area contributed by atoms with Crippen molar-refractivity contribution in [1.82, 2.24) is 9.78 Å². The van der Waals surface area contributed by atoms with Crippen LogP contribution in [-0.2, 0) is 17.8 Å². The minimum atomic E-state index is -0.593. The number of para-hydroxylation sites is 1. The van der Waals surface area contributed by atoms with Gasteiger partial charge in [0.25, 0.3) is 0 Å². The van der Waals surface area contributed by atoms with Crippen molar-refractivity contribution in [2.45, 2.75) is 53.1 Å². The summed E-state index contributed by atoms with van der Waals surface area (Å²) < 4.78 is 1.94.